The Morgan fingerprint density at radius 3 is 1.90 bits per heavy atom. The lowest BCUT2D eigenvalue weighted by Crippen LogP contribution is -2.37. The molecule has 0 saturated carbocycles. The van der Waals surface area contributed by atoms with Crippen molar-refractivity contribution >= 4 is 11.6 Å². The molecule has 4 rings (SSSR count). The summed E-state index contributed by atoms with van der Waals surface area (Å²) in [4.78, 5) is 26.4. The summed E-state index contributed by atoms with van der Waals surface area (Å²) in [5, 5.41) is 10.4. The first-order chi connectivity index (χ1) is 13.5. The second-order valence-corrected chi connectivity index (χ2v) is 10.0. The van der Waals surface area contributed by atoms with E-state index in [1.807, 2.05) is 6.07 Å². The summed E-state index contributed by atoms with van der Waals surface area (Å²) >= 11 is 0. The highest BCUT2D eigenvalue weighted by atomic mass is 16.5. The number of ether oxygens (including phenoxy) is 2. The molecule has 1 aromatic carbocycles. The molecule has 0 bridgehead atoms. The molecule has 0 saturated heterocycles. The summed E-state index contributed by atoms with van der Waals surface area (Å²) < 4.78 is 11.4. The van der Waals surface area contributed by atoms with Crippen LogP contribution in [-0.2, 0) is 14.3 Å². The zero-order valence-electron chi connectivity index (χ0n) is 17.7. The van der Waals surface area contributed by atoms with Crippen LogP contribution in [-0.4, -0.2) is 23.8 Å². The summed E-state index contributed by atoms with van der Waals surface area (Å²) in [5.41, 5.74) is 1.48. The number of carbonyl (C=O) groups excluding carboxylic acids is 2. The van der Waals surface area contributed by atoms with Gasteiger partial charge in [0.25, 0.3) is 0 Å². The van der Waals surface area contributed by atoms with Gasteiger partial charge in [0.2, 0.25) is 0 Å². The molecular formula is C24H28O5. The lowest BCUT2D eigenvalue weighted by atomic mass is 9.65. The molecule has 2 aliphatic carbocycles. The van der Waals surface area contributed by atoms with Crippen LogP contribution in [0, 0.1) is 10.8 Å². The maximum Gasteiger partial charge on any atom is 0.163 e. The molecule has 154 valence electrons. The fourth-order valence-corrected chi connectivity index (χ4v) is 4.89. The monoisotopic (exact) mass is 396 g/mol. The van der Waals surface area contributed by atoms with E-state index in [-0.39, 0.29) is 28.1 Å². The van der Waals surface area contributed by atoms with E-state index < -0.39 is 5.92 Å². The summed E-state index contributed by atoms with van der Waals surface area (Å²) in [7, 11) is 1.49. The Kier molecular flexibility index (Phi) is 4.41. The standard InChI is InChI=1S/C24H28O5/c1-23(2)9-15(26)21-18(11-23)29-19-12-24(3,4)10-16(27)22(19)20(21)13-6-7-17(28-5)14(25)8-13/h6-8,20,25H,9-12H2,1-5H3. The van der Waals surface area contributed by atoms with Crippen LogP contribution >= 0.6 is 0 Å². The van der Waals surface area contributed by atoms with Gasteiger partial charge < -0.3 is 14.6 Å². The van der Waals surface area contributed by atoms with Crippen molar-refractivity contribution in [2.75, 3.05) is 7.11 Å². The SMILES string of the molecule is COc1ccc(C2C3=C(CC(C)(C)CC3=O)OC3=C2C(=O)CC(C)(C)C3)cc1O. The van der Waals surface area contributed by atoms with Crippen LogP contribution in [0.5, 0.6) is 11.5 Å². The van der Waals surface area contributed by atoms with E-state index in [4.69, 9.17) is 9.47 Å². The van der Waals surface area contributed by atoms with Gasteiger partial charge >= 0.3 is 0 Å². The Morgan fingerprint density at radius 1 is 0.931 bits per heavy atom. The topological polar surface area (TPSA) is 72.8 Å². The van der Waals surface area contributed by atoms with Gasteiger partial charge in [-0.05, 0) is 28.5 Å². The lowest BCUT2D eigenvalue weighted by molar-refractivity contribution is -0.120. The van der Waals surface area contributed by atoms with Crippen LogP contribution in [0.25, 0.3) is 0 Å². The predicted octanol–water partition coefficient (Wildman–Crippen LogP) is 4.80. The van der Waals surface area contributed by atoms with Crippen LogP contribution in [0.3, 0.4) is 0 Å². The van der Waals surface area contributed by atoms with Crippen LogP contribution in [0.1, 0.15) is 64.9 Å². The molecule has 0 unspecified atom stereocenters. The van der Waals surface area contributed by atoms with Gasteiger partial charge in [0, 0.05) is 42.7 Å². The van der Waals surface area contributed by atoms with Crippen molar-refractivity contribution in [2.24, 2.45) is 10.8 Å². The van der Waals surface area contributed by atoms with Crippen molar-refractivity contribution in [1.82, 2.24) is 0 Å². The number of hydrogen-bond acceptors (Lipinski definition) is 5. The van der Waals surface area contributed by atoms with E-state index in [2.05, 4.69) is 27.7 Å². The first-order valence-electron chi connectivity index (χ1n) is 10.1. The minimum absolute atomic E-state index is 0.00651. The number of rotatable bonds is 2. The van der Waals surface area contributed by atoms with Gasteiger partial charge in [0.1, 0.15) is 11.5 Å². The molecule has 0 aromatic heterocycles. The molecule has 0 radical (unpaired) electrons. The molecule has 0 atom stereocenters. The fraction of sp³-hybridized carbons (Fsp3) is 0.500. The average molecular weight is 396 g/mol. The quantitative estimate of drug-likeness (QED) is 0.777. The van der Waals surface area contributed by atoms with Crippen LogP contribution in [0.4, 0.5) is 0 Å². The number of hydrogen-bond donors (Lipinski definition) is 1. The summed E-state index contributed by atoms with van der Waals surface area (Å²) in [6, 6.07) is 5.10. The number of carbonyl (C=O) groups is 2. The molecule has 1 N–H and O–H groups in total. The number of benzene rings is 1. The zero-order valence-corrected chi connectivity index (χ0v) is 17.7. The van der Waals surface area contributed by atoms with E-state index >= 15 is 0 Å². The Balaban J connectivity index is 1.91. The second kappa shape index (κ2) is 6.48. The highest BCUT2D eigenvalue weighted by Gasteiger charge is 2.47. The van der Waals surface area contributed by atoms with Crippen LogP contribution < -0.4 is 4.74 Å². The molecule has 29 heavy (non-hydrogen) atoms. The molecule has 1 heterocycles. The zero-order chi connectivity index (χ0) is 21.1. The maximum absolute atomic E-state index is 13.2. The van der Waals surface area contributed by atoms with Crippen molar-refractivity contribution in [3.8, 4) is 11.5 Å². The summed E-state index contributed by atoms with van der Waals surface area (Å²) in [5.74, 6) is 1.23. The van der Waals surface area contributed by atoms with E-state index in [9.17, 15) is 14.7 Å². The molecular weight excluding hydrogens is 368 g/mol. The van der Waals surface area contributed by atoms with Gasteiger partial charge in [0.15, 0.2) is 23.1 Å². The third-order valence-electron chi connectivity index (χ3n) is 6.12. The highest BCUT2D eigenvalue weighted by Crippen LogP contribution is 2.53. The van der Waals surface area contributed by atoms with Gasteiger partial charge in [-0.15, -0.1) is 0 Å². The fourth-order valence-electron chi connectivity index (χ4n) is 4.89. The highest BCUT2D eigenvalue weighted by molar-refractivity contribution is 6.06. The number of phenolic OH excluding ortho intramolecular Hbond substituents is 1. The molecule has 0 fully saturated rings. The van der Waals surface area contributed by atoms with Crippen molar-refractivity contribution < 1.29 is 24.2 Å². The first-order valence-corrected chi connectivity index (χ1v) is 10.1. The molecule has 3 aliphatic rings. The van der Waals surface area contributed by atoms with Crippen molar-refractivity contribution in [1.29, 1.82) is 0 Å². The van der Waals surface area contributed by atoms with E-state index in [0.29, 0.717) is 59.7 Å². The number of aromatic hydroxyl groups is 1. The molecule has 1 aromatic rings. The van der Waals surface area contributed by atoms with Gasteiger partial charge in [-0.3, -0.25) is 9.59 Å². The number of Topliss-reactive ketones (excluding diaryl/α,β-unsaturated/α-hetero) is 2. The third kappa shape index (κ3) is 3.37. The minimum Gasteiger partial charge on any atom is -0.504 e. The lowest BCUT2D eigenvalue weighted by Gasteiger charge is -2.42. The Labute approximate surface area is 171 Å². The van der Waals surface area contributed by atoms with Gasteiger partial charge in [-0.25, -0.2) is 0 Å². The van der Waals surface area contributed by atoms with Crippen molar-refractivity contribution in [3.63, 3.8) is 0 Å². The smallest absolute Gasteiger partial charge is 0.163 e. The first kappa shape index (κ1) is 19.7. The molecule has 0 spiro atoms. The maximum atomic E-state index is 13.2. The molecule has 5 heteroatoms. The van der Waals surface area contributed by atoms with Gasteiger partial charge in [-0.1, -0.05) is 33.8 Å². The number of allylic oxidation sites excluding steroid dienone is 4. The van der Waals surface area contributed by atoms with E-state index in [1.165, 1.54) is 7.11 Å². The Bertz CT molecular complexity index is 925. The predicted molar refractivity (Wildman–Crippen MR) is 109 cm³/mol. The normalized spacial score (nSPS) is 23.5. The average Bonchev–Trinajstić information content (AvgIpc) is 2.57. The molecule has 1 aliphatic heterocycles. The Hall–Kier alpha value is -2.56. The molecule has 0 amide bonds. The van der Waals surface area contributed by atoms with Crippen LogP contribution in [0.15, 0.2) is 40.9 Å². The third-order valence-corrected chi connectivity index (χ3v) is 6.12. The number of methoxy groups -OCH3 is 1. The van der Waals surface area contributed by atoms with E-state index in [1.54, 1.807) is 12.1 Å². The van der Waals surface area contributed by atoms with Crippen molar-refractivity contribution in [3.05, 3.63) is 46.4 Å². The van der Waals surface area contributed by atoms with Gasteiger partial charge in [0.05, 0.1) is 7.11 Å². The second-order valence-electron chi connectivity index (χ2n) is 10.0. The van der Waals surface area contributed by atoms with Crippen LogP contribution in [0.2, 0.25) is 0 Å². The number of ketones is 2. The largest absolute Gasteiger partial charge is 0.504 e. The van der Waals surface area contributed by atoms with Gasteiger partial charge in [-0.2, -0.15) is 0 Å². The Morgan fingerprint density at radius 2 is 1.45 bits per heavy atom. The molecule has 5 nitrogen and oxygen atoms in total. The van der Waals surface area contributed by atoms with Crippen molar-refractivity contribution in [2.45, 2.75) is 59.3 Å². The summed E-state index contributed by atoms with van der Waals surface area (Å²) in [6.45, 7) is 8.25. The summed E-state index contributed by atoms with van der Waals surface area (Å²) in [6.07, 6.45) is 2.13. The minimum atomic E-state index is -0.502. The van der Waals surface area contributed by atoms with E-state index in [0.717, 1.165) is 0 Å². The number of phenols is 1.